The molecule has 0 amide bonds. The minimum absolute atomic E-state index is 0.0373. The lowest BCUT2D eigenvalue weighted by Crippen LogP contribution is -2.31. The van der Waals surface area contributed by atoms with Gasteiger partial charge in [-0.3, -0.25) is 19.2 Å². The molecule has 4 heterocycles. The Balaban J connectivity index is 0.000000133. The van der Waals surface area contributed by atoms with Gasteiger partial charge >= 0.3 is 23.9 Å². The van der Waals surface area contributed by atoms with Crippen molar-refractivity contribution in [2.45, 2.75) is 100.0 Å². The number of hydrogen-bond acceptors (Lipinski definition) is 12. The van der Waals surface area contributed by atoms with Gasteiger partial charge in [-0.15, -0.1) is 0 Å². The molecule has 0 N–H and O–H groups in total. The average molecular weight is 1850 g/mol. The number of thiophene rings is 4. The maximum atomic E-state index is 12.0. The minimum Gasteiger partial charge on any atom is -0.457 e. The fourth-order valence-electron chi connectivity index (χ4n) is 13.0. The van der Waals surface area contributed by atoms with E-state index in [0.717, 1.165) is 0 Å². The largest absolute Gasteiger partial charge is 0.457 e. The predicted octanol–water partition coefficient (Wildman–Crippen LogP) is 27.8. The lowest BCUT2D eigenvalue weighted by molar-refractivity contribution is -0.168. The van der Waals surface area contributed by atoms with Crippen LogP contribution < -0.4 is 18.9 Å². The smallest absolute Gasteiger partial charge is 0.322 e. The Morgan fingerprint density at radius 2 is 0.535 bits per heavy atom. The summed E-state index contributed by atoms with van der Waals surface area (Å²) in [5.41, 5.74) is 0. The zero-order valence-corrected chi connectivity index (χ0v) is 73.4. The van der Waals surface area contributed by atoms with Crippen LogP contribution in [0.2, 0.25) is 0 Å². The minimum atomic E-state index is -0.645. The molecule has 16 rings (SSSR count). The Bertz CT molecular complexity index is 5820. The van der Waals surface area contributed by atoms with E-state index in [0.29, 0.717) is 29.4 Å². The first-order valence-electron chi connectivity index (χ1n) is 37.3. The number of halogens is 4. The summed E-state index contributed by atoms with van der Waals surface area (Å²) in [7, 11) is -0.498. The third-order valence-electron chi connectivity index (χ3n) is 18.4. The van der Waals surface area contributed by atoms with E-state index < -0.39 is 18.9 Å². The predicted molar refractivity (Wildman–Crippen MR) is 489 cm³/mol. The molecule has 0 spiro atoms. The van der Waals surface area contributed by atoms with E-state index in [9.17, 15) is 19.2 Å². The van der Waals surface area contributed by atoms with Gasteiger partial charge in [-0.25, -0.2) is 0 Å². The van der Waals surface area contributed by atoms with E-state index in [1.807, 2.05) is 69.3 Å². The second-order valence-electron chi connectivity index (χ2n) is 27.0. The van der Waals surface area contributed by atoms with E-state index in [4.69, 9.17) is 37.9 Å². The summed E-state index contributed by atoms with van der Waals surface area (Å²) >= 11 is 12.8. The van der Waals surface area contributed by atoms with Crippen LogP contribution in [0.25, 0.3) is 100 Å². The van der Waals surface area contributed by atoms with Crippen molar-refractivity contribution < 1.29 is 57.1 Å². The zero-order chi connectivity index (χ0) is 80.1. The van der Waals surface area contributed by atoms with Crippen LogP contribution in [-0.2, 0) is 38.1 Å². The number of carbonyl (C=O) groups is 4. The Labute approximate surface area is 707 Å². The van der Waals surface area contributed by atoms with Crippen LogP contribution in [0.3, 0.4) is 0 Å². The van der Waals surface area contributed by atoms with Crippen molar-refractivity contribution in [2.75, 3.05) is 6.79 Å². The summed E-state index contributed by atoms with van der Waals surface area (Å²) < 4.78 is 55.1. The lowest BCUT2D eigenvalue weighted by Gasteiger charge is -2.23. The fraction of sp³-hybridized carbons (Fsp3) is 0.191. The molecule has 0 fully saturated rings. The molecule has 114 heavy (non-hydrogen) atoms. The van der Waals surface area contributed by atoms with Gasteiger partial charge in [0.05, 0.1) is 0 Å². The topological polar surface area (TPSA) is 142 Å². The molecule has 0 aliphatic heterocycles. The van der Waals surface area contributed by atoms with Gasteiger partial charge < -0.3 is 37.9 Å². The van der Waals surface area contributed by atoms with Crippen LogP contribution in [0.15, 0.2) is 291 Å². The Morgan fingerprint density at radius 3 is 0.807 bits per heavy atom. The molecule has 0 saturated heterocycles. The van der Waals surface area contributed by atoms with E-state index in [1.165, 1.54) is 100 Å². The Hall–Kier alpha value is -9.48. The molecule has 7 atom stereocenters. The maximum Gasteiger partial charge on any atom is 0.322 e. The number of benzene rings is 12. The molecular formula is C94H84Br4O12S4+4. The standard InChI is InChI=1S/C25H24BrO3S.C24H22BrO3S.C23H20BrO3S.C22H18BrO3S/c1-16(2)25(29-24(27)17(3)26)28-18-12-14-19(15-13-18)30-22-10-6-4-8-20(22)21-9-5-7-11-23(21)30;1-3-23(28-24(26)16(2)25)27-17-12-14-18(15-13-17)29-21-10-6-4-8-19(21)20-9-5-7-11-22(20)29;1-15(24)23(25)27-16(2)26-17-11-13-18(14-12-17)28-21-9-5-3-7-19(21)20-8-4-6-10-22(20)28;1-15(23)22(24)26-14-25-16-10-12-17(13-11-16)27-20-8-4-2-6-18(20)19-7-3-5-9-21(19)27/h4-17,25H,1-3H3;4-16,23H,3H2,1-2H3;3-16H,1-2H3;2-13,15H,14H2,1H3/q4*+1. The van der Waals surface area contributed by atoms with E-state index >= 15 is 0 Å². The number of esters is 4. The summed E-state index contributed by atoms with van der Waals surface area (Å²) in [5.74, 6) is 1.44. The van der Waals surface area contributed by atoms with Gasteiger partial charge in [-0.2, -0.15) is 0 Å². The highest BCUT2D eigenvalue weighted by molar-refractivity contribution is 9.10. The number of carbonyl (C=O) groups excluding carboxylic acids is 4. The van der Waals surface area contributed by atoms with Crippen LogP contribution in [0.4, 0.5) is 0 Å². The van der Waals surface area contributed by atoms with Gasteiger partial charge in [0, 0.05) is 153 Å². The van der Waals surface area contributed by atoms with Gasteiger partial charge in [0.25, 0.3) is 0 Å². The van der Waals surface area contributed by atoms with Gasteiger partial charge in [-0.1, -0.05) is 182 Å². The molecular weight excluding hydrogens is 1770 g/mol. The zero-order valence-electron chi connectivity index (χ0n) is 63.8. The molecule has 0 radical (unpaired) electrons. The van der Waals surface area contributed by atoms with Gasteiger partial charge in [0.1, 0.15) is 42.3 Å². The van der Waals surface area contributed by atoms with Crippen molar-refractivity contribution in [3.05, 3.63) is 291 Å². The van der Waals surface area contributed by atoms with Crippen LogP contribution in [0, 0.1) is 5.92 Å². The fourth-order valence-corrected chi connectivity index (χ4v) is 23.0. The summed E-state index contributed by atoms with van der Waals surface area (Å²) in [6.45, 7) is 14.4. The van der Waals surface area contributed by atoms with Crippen molar-refractivity contribution in [3.63, 3.8) is 0 Å². The van der Waals surface area contributed by atoms with E-state index in [1.54, 1.807) is 34.6 Å². The maximum absolute atomic E-state index is 12.0. The van der Waals surface area contributed by atoms with Crippen LogP contribution in [0.5, 0.6) is 23.0 Å². The van der Waals surface area contributed by atoms with Gasteiger partial charge in [-0.05, 0) is 173 Å². The van der Waals surface area contributed by atoms with E-state index in [-0.39, 0.29) is 97.8 Å². The Kier molecular flexibility index (Phi) is 27.7. The average Bonchev–Trinajstić information content (AvgIpc) is 1.62. The molecule has 0 saturated carbocycles. The highest BCUT2D eigenvalue weighted by Crippen LogP contribution is 2.53. The number of rotatable bonds is 22. The lowest BCUT2D eigenvalue weighted by atomic mass is 10.2. The molecule has 12 nitrogen and oxygen atoms in total. The first-order chi connectivity index (χ1) is 55.2. The third kappa shape index (κ3) is 19.2. The molecule has 12 aromatic carbocycles. The van der Waals surface area contributed by atoms with Crippen molar-refractivity contribution in [1.29, 1.82) is 0 Å². The molecule has 0 bridgehead atoms. The highest BCUT2D eigenvalue weighted by atomic mass is 79.9. The first-order valence-corrected chi connectivity index (χ1v) is 45.9. The second kappa shape index (κ2) is 38.3. The normalized spacial score (nSPS) is 13.1. The van der Waals surface area contributed by atoms with Crippen molar-refractivity contribution in [2.24, 2.45) is 5.92 Å². The van der Waals surface area contributed by atoms with Crippen LogP contribution >= 0.6 is 106 Å². The molecule has 7 unspecified atom stereocenters. The van der Waals surface area contributed by atoms with Crippen LogP contribution in [0.1, 0.15) is 61.8 Å². The number of ether oxygens (including phenoxy) is 8. The quantitative estimate of drug-likeness (QED) is 0.0210. The van der Waals surface area contributed by atoms with E-state index in [2.05, 4.69) is 306 Å². The molecule has 0 aliphatic rings. The van der Waals surface area contributed by atoms with Gasteiger partial charge in [0.15, 0.2) is 57.2 Å². The SMILES string of the molecule is CC(Br)C(=O)OC(Oc1ccc(-[s+]2c3ccccc3c3ccccc32)cc1)C(C)C.CC(Br)C(=O)OCOc1ccc(-[s+]2c3ccccc3c3ccccc32)cc1.CC(OC(=O)C(C)Br)Oc1ccc(-[s+]2c3ccccc3c3ccccc32)cc1.CCC(OC(=O)C(C)Br)Oc1ccc(-[s+]2c3ccccc3c3ccccc32)cc1. The molecule has 16 aromatic rings. The first kappa shape index (κ1) is 82.5. The number of fused-ring (bicyclic) bond motifs is 12. The summed E-state index contributed by atoms with van der Waals surface area (Å²) in [6.07, 6.45) is -1.28. The number of alkyl halides is 4. The summed E-state index contributed by atoms with van der Waals surface area (Å²) in [4.78, 5) is 50.4. The van der Waals surface area contributed by atoms with Crippen LogP contribution in [-0.4, -0.2) is 68.8 Å². The van der Waals surface area contributed by atoms with Crippen molar-refractivity contribution >= 4 is 210 Å². The van der Waals surface area contributed by atoms with Crippen molar-refractivity contribution in [1.82, 2.24) is 0 Å². The third-order valence-corrected chi connectivity index (χ3v) is 29.3. The molecule has 0 aliphatic carbocycles. The Morgan fingerprint density at radius 1 is 0.289 bits per heavy atom. The highest BCUT2D eigenvalue weighted by Gasteiger charge is 2.30. The molecule has 4 aromatic heterocycles. The second-order valence-corrected chi connectivity index (χ2v) is 40.3. The monoisotopic (exact) mass is 1850 g/mol. The molecule has 580 valence electrons. The summed E-state index contributed by atoms with van der Waals surface area (Å²) in [5, 5.41) is 10.5. The van der Waals surface area contributed by atoms with Gasteiger partial charge in [0.2, 0.25) is 25.7 Å². The van der Waals surface area contributed by atoms with Crippen molar-refractivity contribution in [3.8, 4) is 42.6 Å². The summed E-state index contributed by atoms with van der Waals surface area (Å²) in [6, 6.07) is 101. The number of hydrogen-bond donors (Lipinski definition) is 0. The molecule has 20 heteroatoms.